The number of carboxylic acids is 1. The second kappa shape index (κ2) is 13.4. The monoisotopic (exact) mass is 429 g/mol. The fraction of sp³-hybridized carbons (Fsp3) is 0.722. The van der Waals surface area contributed by atoms with Gasteiger partial charge in [0.15, 0.2) is 5.96 Å². The number of nitrogens with zero attached hydrogens (tertiary/aromatic N) is 1. The van der Waals surface area contributed by atoms with Crippen LogP contribution < -0.4 is 33.2 Å². The van der Waals surface area contributed by atoms with Crippen LogP contribution in [0.3, 0.4) is 0 Å². The number of aliphatic carboxylic acids is 1. The van der Waals surface area contributed by atoms with Gasteiger partial charge >= 0.3 is 5.97 Å². The third-order valence-electron chi connectivity index (χ3n) is 4.27. The smallest absolute Gasteiger partial charge is 0.326 e. The number of carboxylic acid groups (broad SMARTS) is 1. The van der Waals surface area contributed by atoms with E-state index >= 15 is 0 Å². The van der Waals surface area contributed by atoms with E-state index in [0.717, 1.165) is 0 Å². The van der Waals surface area contributed by atoms with Crippen LogP contribution in [-0.4, -0.2) is 66.0 Å². The molecule has 0 aromatic carbocycles. The minimum absolute atomic E-state index is 0.0864. The Labute approximate surface area is 176 Å². The quantitative estimate of drug-likeness (QED) is 0.0970. The summed E-state index contributed by atoms with van der Waals surface area (Å²) < 4.78 is 0. The molecule has 0 saturated heterocycles. The summed E-state index contributed by atoms with van der Waals surface area (Å²) in [5, 5.41) is 16.4. The van der Waals surface area contributed by atoms with Crippen LogP contribution >= 0.6 is 0 Å². The van der Waals surface area contributed by atoms with Crippen molar-refractivity contribution in [3.63, 3.8) is 0 Å². The summed E-state index contributed by atoms with van der Waals surface area (Å²) in [5.41, 5.74) is 16.3. The Balaban J connectivity index is 4.96. The molecule has 0 aromatic heterocycles. The Morgan fingerprint density at radius 1 is 0.967 bits per heavy atom. The van der Waals surface area contributed by atoms with Gasteiger partial charge in [-0.25, -0.2) is 4.79 Å². The predicted octanol–water partition coefficient (Wildman–Crippen LogP) is -2.15. The van der Waals surface area contributed by atoms with Gasteiger partial charge in [0.2, 0.25) is 17.7 Å². The molecule has 3 unspecified atom stereocenters. The number of rotatable bonds is 13. The molecule has 0 radical (unpaired) electrons. The summed E-state index contributed by atoms with van der Waals surface area (Å²) in [7, 11) is 0. The van der Waals surface area contributed by atoms with Crippen LogP contribution in [0, 0.1) is 11.8 Å². The molecule has 12 nitrogen and oxygen atoms in total. The topological polar surface area (TPSA) is 215 Å². The molecule has 0 saturated carbocycles. The van der Waals surface area contributed by atoms with Gasteiger partial charge in [0.1, 0.15) is 12.1 Å². The minimum atomic E-state index is -1.17. The van der Waals surface area contributed by atoms with Gasteiger partial charge in [-0.15, -0.1) is 0 Å². The first-order chi connectivity index (χ1) is 13.9. The lowest BCUT2D eigenvalue weighted by Crippen LogP contribution is -2.54. The van der Waals surface area contributed by atoms with E-state index in [-0.39, 0.29) is 30.8 Å². The van der Waals surface area contributed by atoms with Gasteiger partial charge in [-0.05, 0) is 24.7 Å². The Bertz CT molecular complexity index is 632. The number of carbonyl (C=O) groups excluding carboxylic acids is 3. The van der Waals surface area contributed by atoms with Crippen molar-refractivity contribution in [2.24, 2.45) is 34.0 Å². The second-order valence-electron chi connectivity index (χ2n) is 7.63. The summed E-state index contributed by atoms with van der Waals surface area (Å²) in [6, 6.07) is -2.83. The molecule has 172 valence electrons. The summed E-state index contributed by atoms with van der Waals surface area (Å²) >= 11 is 0. The van der Waals surface area contributed by atoms with Gasteiger partial charge in [0.25, 0.3) is 0 Å². The molecule has 0 rings (SSSR count). The van der Waals surface area contributed by atoms with Crippen LogP contribution in [-0.2, 0) is 19.2 Å². The van der Waals surface area contributed by atoms with E-state index in [9.17, 15) is 19.2 Å². The van der Waals surface area contributed by atoms with Crippen LogP contribution in [0.4, 0.5) is 0 Å². The van der Waals surface area contributed by atoms with Crippen molar-refractivity contribution < 1.29 is 24.3 Å². The molecule has 30 heavy (non-hydrogen) atoms. The maximum absolute atomic E-state index is 12.5. The van der Waals surface area contributed by atoms with Crippen molar-refractivity contribution in [1.82, 2.24) is 16.0 Å². The molecule has 0 aliphatic rings. The van der Waals surface area contributed by atoms with Gasteiger partial charge in [-0.1, -0.05) is 27.7 Å². The molecule has 0 bridgehead atoms. The Kier molecular flexibility index (Phi) is 12.1. The molecular formula is C18H35N7O5. The van der Waals surface area contributed by atoms with Gasteiger partial charge in [0.05, 0.1) is 12.6 Å². The molecule has 10 N–H and O–H groups in total. The van der Waals surface area contributed by atoms with Crippen LogP contribution in [0.15, 0.2) is 4.99 Å². The van der Waals surface area contributed by atoms with Crippen LogP contribution in [0.25, 0.3) is 0 Å². The molecule has 0 fully saturated rings. The van der Waals surface area contributed by atoms with E-state index in [2.05, 4.69) is 20.9 Å². The average Bonchev–Trinajstić information content (AvgIpc) is 2.64. The molecule has 0 aliphatic carbocycles. The summed E-state index contributed by atoms with van der Waals surface area (Å²) in [5.74, 6) is -3.48. The van der Waals surface area contributed by atoms with Crippen molar-refractivity contribution in [2.45, 2.75) is 58.7 Å². The van der Waals surface area contributed by atoms with Crippen LogP contribution in [0.2, 0.25) is 0 Å². The van der Waals surface area contributed by atoms with Crippen molar-refractivity contribution in [3.05, 3.63) is 0 Å². The molecule has 0 aromatic rings. The summed E-state index contributed by atoms with van der Waals surface area (Å²) in [4.78, 5) is 51.7. The fourth-order valence-corrected chi connectivity index (χ4v) is 2.37. The number of nitrogens with one attached hydrogen (secondary N) is 3. The summed E-state index contributed by atoms with van der Waals surface area (Å²) in [6.07, 6.45) is 0.609. The molecule has 12 heteroatoms. The van der Waals surface area contributed by atoms with E-state index in [4.69, 9.17) is 22.3 Å². The maximum Gasteiger partial charge on any atom is 0.326 e. The molecule has 0 spiro atoms. The third kappa shape index (κ3) is 10.6. The molecule has 0 heterocycles. The highest BCUT2D eigenvalue weighted by Gasteiger charge is 2.26. The van der Waals surface area contributed by atoms with Crippen molar-refractivity contribution in [2.75, 3.05) is 13.1 Å². The first kappa shape index (κ1) is 27.1. The zero-order chi connectivity index (χ0) is 23.4. The normalized spacial score (nSPS) is 13.8. The van der Waals surface area contributed by atoms with Crippen LogP contribution in [0.5, 0.6) is 0 Å². The number of guanidine groups is 1. The number of carbonyl (C=O) groups is 4. The van der Waals surface area contributed by atoms with E-state index in [0.29, 0.717) is 6.42 Å². The number of aliphatic imine (C=N–C) groups is 1. The van der Waals surface area contributed by atoms with Gasteiger partial charge in [0, 0.05) is 6.54 Å². The van der Waals surface area contributed by atoms with E-state index in [1.807, 2.05) is 0 Å². The molecule has 3 amide bonds. The lowest BCUT2D eigenvalue weighted by molar-refractivity contribution is -0.143. The van der Waals surface area contributed by atoms with Crippen molar-refractivity contribution >= 4 is 29.7 Å². The highest BCUT2D eigenvalue weighted by atomic mass is 16.4. The number of hydrogen-bond acceptors (Lipinski definition) is 6. The SMILES string of the molecule is CC(C)C(N)C(=O)NC(CCCN=C(N)N)C(=O)NCC(=O)NC(C(=O)O)C(C)C. The van der Waals surface area contributed by atoms with E-state index in [1.165, 1.54) is 0 Å². The Hall–Kier alpha value is -2.89. The Morgan fingerprint density at radius 3 is 2.03 bits per heavy atom. The number of amides is 3. The van der Waals surface area contributed by atoms with Gasteiger partial charge < -0.3 is 38.3 Å². The number of hydrogen-bond donors (Lipinski definition) is 7. The zero-order valence-electron chi connectivity index (χ0n) is 18.0. The van der Waals surface area contributed by atoms with Crippen molar-refractivity contribution in [3.8, 4) is 0 Å². The lowest BCUT2D eigenvalue weighted by atomic mass is 10.0. The largest absolute Gasteiger partial charge is 0.480 e. The standard InChI is InChI=1S/C18H35N7O5/c1-9(2)13(19)16(28)24-11(6-5-7-22-18(20)21)15(27)23-8-12(26)25-14(10(3)4)17(29)30/h9-11,13-14H,5-8,19H2,1-4H3,(H,23,27)(H,24,28)(H,25,26)(H,29,30)(H4,20,21,22). The number of nitrogens with two attached hydrogens (primary N) is 3. The van der Waals surface area contributed by atoms with E-state index in [1.54, 1.807) is 27.7 Å². The van der Waals surface area contributed by atoms with Crippen molar-refractivity contribution in [1.29, 1.82) is 0 Å². The first-order valence-corrected chi connectivity index (χ1v) is 9.78. The second-order valence-corrected chi connectivity index (χ2v) is 7.63. The third-order valence-corrected chi connectivity index (χ3v) is 4.27. The fourth-order valence-electron chi connectivity index (χ4n) is 2.37. The van der Waals surface area contributed by atoms with Gasteiger partial charge in [-0.3, -0.25) is 19.4 Å². The van der Waals surface area contributed by atoms with E-state index < -0.39 is 48.4 Å². The summed E-state index contributed by atoms with van der Waals surface area (Å²) in [6.45, 7) is 6.67. The molecule has 3 atom stereocenters. The maximum atomic E-state index is 12.5. The molecular weight excluding hydrogens is 394 g/mol. The zero-order valence-corrected chi connectivity index (χ0v) is 18.0. The lowest BCUT2D eigenvalue weighted by Gasteiger charge is -2.22. The Morgan fingerprint density at radius 2 is 1.57 bits per heavy atom. The minimum Gasteiger partial charge on any atom is -0.480 e. The van der Waals surface area contributed by atoms with Crippen LogP contribution in [0.1, 0.15) is 40.5 Å². The predicted molar refractivity (Wildman–Crippen MR) is 112 cm³/mol. The first-order valence-electron chi connectivity index (χ1n) is 9.78. The highest BCUT2D eigenvalue weighted by molar-refractivity contribution is 5.92. The highest BCUT2D eigenvalue weighted by Crippen LogP contribution is 2.04. The molecule has 0 aliphatic heterocycles. The van der Waals surface area contributed by atoms with Gasteiger partial charge in [-0.2, -0.15) is 0 Å². The average molecular weight is 430 g/mol.